The van der Waals surface area contributed by atoms with E-state index in [1.54, 1.807) is 38.1 Å². The first-order valence-electron chi connectivity index (χ1n) is 9.08. The Morgan fingerprint density at radius 3 is 2.17 bits per heavy atom. The summed E-state index contributed by atoms with van der Waals surface area (Å²) < 4.78 is 43.2. The topological polar surface area (TPSA) is 67.4 Å². The molecule has 2 amide bonds. The van der Waals surface area contributed by atoms with Gasteiger partial charge in [0.25, 0.3) is 5.91 Å². The van der Waals surface area contributed by atoms with Crippen molar-refractivity contribution in [2.24, 2.45) is 5.92 Å². The molecule has 0 spiro atoms. The van der Waals surface area contributed by atoms with Crippen LogP contribution in [0.1, 0.15) is 25.0 Å². The van der Waals surface area contributed by atoms with Gasteiger partial charge in [0.15, 0.2) is 6.61 Å². The number of rotatable bonds is 8. The minimum atomic E-state index is -4.41. The number of hydrogen-bond acceptors (Lipinski definition) is 3. The van der Waals surface area contributed by atoms with E-state index in [1.165, 1.54) is 12.1 Å². The third-order valence-electron chi connectivity index (χ3n) is 4.13. The highest BCUT2D eigenvalue weighted by Crippen LogP contribution is 2.29. The molecule has 0 aliphatic rings. The number of nitrogens with one attached hydrogen (secondary N) is 2. The van der Waals surface area contributed by atoms with E-state index in [2.05, 4.69) is 10.6 Å². The lowest BCUT2D eigenvalue weighted by Gasteiger charge is -2.22. The summed E-state index contributed by atoms with van der Waals surface area (Å²) in [6.45, 7) is 3.37. The number of benzene rings is 2. The highest BCUT2D eigenvalue weighted by atomic mass is 19.4. The largest absolute Gasteiger partial charge is 0.484 e. The number of alkyl halides is 3. The molecular formula is C21H23F3N2O3. The summed E-state index contributed by atoms with van der Waals surface area (Å²) in [5.41, 5.74) is -0.231. The van der Waals surface area contributed by atoms with E-state index < -0.39 is 29.6 Å². The summed E-state index contributed by atoms with van der Waals surface area (Å²) >= 11 is 0. The molecule has 2 aromatic carbocycles. The molecule has 0 fully saturated rings. The van der Waals surface area contributed by atoms with Crippen LogP contribution >= 0.6 is 0 Å². The number of amides is 2. The lowest BCUT2D eigenvalue weighted by molar-refractivity contribution is -0.137. The summed E-state index contributed by atoms with van der Waals surface area (Å²) in [5, 5.41) is 5.27. The highest BCUT2D eigenvalue weighted by molar-refractivity contribution is 5.88. The van der Waals surface area contributed by atoms with Crippen LogP contribution in [0.3, 0.4) is 0 Å². The van der Waals surface area contributed by atoms with Crippen LogP contribution in [0.2, 0.25) is 0 Å². The summed E-state index contributed by atoms with van der Waals surface area (Å²) in [7, 11) is 0. The van der Waals surface area contributed by atoms with Gasteiger partial charge < -0.3 is 15.4 Å². The molecule has 2 aromatic rings. The Morgan fingerprint density at radius 1 is 1.00 bits per heavy atom. The second-order valence-electron chi connectivity index (χ2n) is 6.80. The van der Waals surface area contributed by atoms with Crippen LogP contribution < -0.4 is 15.4 Å². The molecule has 0 saturated carbocycles. The molecule has 0 bridgehead atoms. The van der Waals surface area contributed by atoms with Gasteiger partial charge in [-0.2, -0.15) is 13.2 Å². The molecule has 2 rings (SSSR count). The van der Waals surface area contributed by atoms with E-state index in [1.807, 2.05) is 6.07 Å². The quantitative estimate of drug-likeness (QED) is 0.702. The van der Waals surface area contributed by atoms with Gasteiger partial charge in [0.05, 0.1) is 5.56 Å². The molecular weight excluding hydrogens is 385 g/mol. The van der Waals surface area contributed by atoms with E-state index in [0.717, 1.165) is 12.1 Å². The van der Waals surface area contributed by atoms with Gasteiger partial charge in [0, 0.05) is 6.54 Å². The van der Waals surface area contributed by atoms with Crippen molar-refractivity contribution in [2.75, 3.05) is 6.61 Å². The molecule has 2 N–H and O–H groups in total. The minimum absolute atomic E-state index is 0.0522. The van der Waals surface area contributed by atoms with Crippen molar-refractivity contribution in [1.29, 1.82) is 0 Å². The van der Waals surface area contributed by atoms with Crippen LogP contribution in [0.25, 0.3) is 0 Å². The van der Waals surface area contributed by atoms with Gasteiger partial charge in [0.1, 0.15) is 11.8 Å². The molecule has 0 aliphatic carbocycles. The van der Waals surface area contributed by atoms with E-state index in [4.69, 9.17) is 4.74 Å². The number of hydrogen-bond donors (Lipinski definition) is 2. The molecule has 0 saturated heterocycles. The van der Waals surface area contributed by atoms with Gasteiger partial charge in [-0.15, -0.1) is 0 Å². The van der Waals surface area contributed by atoms with Gasteiger partial charge in [-0.05, 0) is 35.7 Å². The van der Waals surface area contributed by atoms with Crippen LogP contribution in [0.5, 0.6) is 5.75 Å². The van der Waals surface area contributed by atoms with E-state index in [0.29, 0.717) is 11.3 Å². The zero-order valence-electron chi connectivity index (χ0n) is 16.1. The van der Waals surface area contributed by atoms with E-state index in [-0.39, 0.29) is 19.1 Å². The van der Waals surface area contributed by atoms with Crippen LogP contribution in [-0.4, -0.2) is 24.5 Å². The molecule has 0 heterocycles. The number of halogens is 3. The van der Waals surface area contributed by atoms with Crippen LogP contribution in [0.15, 0.2) is 54.6 Å². The normalized spacial score (nSPS) is 12.3. The molecule has 8 heteroatoms. The zero-order chi connectivity index (χ0) is 21.4. The predicted octanol–water partition coefficient (Wildman–Crippen LogP) is 3.54. The first-order chi connectivity index (χ1) is 13.7. The maximum absolute atomic E-state index is 12.6. The molecule has 0 aromatic heterocycles. The molecule has 1 atom stereocenters. The Balaban J connectivity index is 1.87. The van der Waals surface area contributed by atoms with E-state index in [9.17, 15) is 22.8 Å². The lowest BCUT2D eigenvalue weighted by atomic mass is 10.0. The predicted molar refractivity (Wildman–Crippen MR) is 102 cm³/mol. The SMILES string of the molecule is CC(C)[C@H](NC(=O)COc1ccccc1)C(=O)NCc1ccc(C(F)(F)F)cc1. The first kappa shape index (κ1) is 22.3. The molecule has 156 valence electrons. The Kier molecular flexibility index (Phi) is 7.64. The Morgan fingerprint density at radius 2 is 1.62 bits per heavy atom. The second kappa shape index (κ2) is 9.95. The molecule has 0 unspecified atom stereocenters. The number of para-hydroxylation sites is 1. The second-order valence-corrected chi connectivity index (χ2v) is 6.80. The summed E-state index contributed by atoms with van der Waals surface area (Å²) in [5.74, 6) is -0.524. The average Bonchev–Trinajstić information content (AvgIpc) is 2.69. The van der Waals surface area contributed by atoms with Crippen molar-refractivity contribution in [3.05, 3.63) is 65.7 Å². The fourth-order valence-corrected chi connectivity index (χ4v) is 2.53. The maximum atomic E-state index is 12.6. The van der Waals surface area contributed by atoms with Crippen LogP contribution in [0.4, 0.5) is 13.2 Å². The number of ether oxygens (including phenoxy) is 1. The van der Waals surface area contributed by atoms with Gasteiger partial charge in [0.2, 0.25) is 5.91 Å². The first-order valence-corrected chi connectivity index (χ1v) is 9.08. The monoisotopic (exact) mass is 408 g/mol. The summed E-state index contributed by atoms with van der Waals surface area (Å²) in [6, 6.07) is 12.5. The molecule has 0 radical (unpaired) electrons. The fourth-order valence-electron chi connectivity index (χ4n) is 2.53. The Labute approximate surface area is 167 Å². The van der Waals surface area contributed by atoms with Crippen molar-refractivity contribution >= 4 is 11.8 Å². The maximum Gasteiger partial charge on any atom is 0.416 e. The third kappa shape index (κ3) is 7.14. The molecule has 0 aliphatic heterocycles. The zero-order valence-corrected chi connectivity index (χ0v) is 16.1. The van der Waals surface area contributed by atoms with Crippen molar-refractivity contribution in [2.45, 2.75) is 32.6 Å². The van der Waals surface area contributed by atoms with Crippen molar-refractivity contribution < 1.29 is 27.5 Å². The van der Waals surface area contributed by atoms with Gasteiger partial charge >= 0.3 is 6.18 Å². The lowest BCUT2D eigenvalue weighted by Crippen LogP contribution is -2.50. The standard InChI is InChI=1S/C21H23F3N2O3/c1-14(2)19(26-18(27)13-29-17-6-4-3-5-7-17)20(28)25-12-15-8-10-16(11-9-15)21(22,23)24/h3-11,14,19H,12-13H2,1-2H3,(H,25,28)(H,26,27)/t19-/m0/s1. The Hall–Kier alpha value is -3.03. The highest BCUT2D eigenvalue weighted by Gasteiger charge is 2.30. The van der Waals surface area contributed by atoms with Crippen molar-refractivity contribution in [3.63, 3.8) is 0 Å². The smallest absolute Gasteiger partial charge is 0.416 e. The van der Waals surface area contributed by atoms with Gasteiger partial charge in [-0.1, -0.05) is 44.2 Å². The van der Waals surface area contributed by atoms with Crippen LogP contribution in [-0.2, 0) is 22.3 Å². The Bertz CT molecular complexity index is 806. The molecule has 5 nitrogen and oxygen atoms in total. The van der Waals surface area contributed by atoms with Crippen LogP contribution in [0, 0.1) is 5.92 Å². The van der Waals surface area contributed by atoms with Crippen molar-refractivity contribution in [3.8, 4) is 5.75 Å². The minimum Gasteiger partial charge on any atom is -0.484 e. The molecule has 29 heavy (non-hydrogen) atoms. The van der Waals surface area contributed by atoms with Crippen molar-refractivity contribution in [1.82, 2.24) is 10.6 Å². The third-order valence-corrected chi connectivity index (χ3v) is 4.13. The fraction of sp³-hybridized carbons (Fsp3) is 0.333. The number of carbonyl (C=O) groups excluding carboxylic acids is 2. The summed E-state index contributed by atoms with van der Waals surface area (Å²) in [6.07, 6.45) is -4.41. The summed E-state index contributed by atoms with van der Waals surface area (Å²) in [4.78, 5) is 24.6. The average molecular weight is 408 g/mol. The number of carbonyl (C=O) groups is 2. The van der Waals surface area contributed by atoms with Gasteiger partial charge in [-0.25, -0.2) is 0 Å². The van der Waals surface area contributed by atoms with E-state index >= 15 is 0 Å². The van der Waals surface area contributed by atoms with Gasteiger partial charge in [-0.3, -0.25) is 9.59 Å².